The van der Waals surface area contributed by atoms with Gasteiger partial charge in [-0.1, -0.05) is 18.2 Å². The Hall–Kier alpha value is -3.06. The predicted octanol–water partition coefficient (Wildman–Crippen LogP) is 3.81. The number of ether oxygens (including phenoxy) is 2. The first-order chi connectivity index (χ1) is 12.8. The van der Waals surface area contributed by atoms with Crippen molar-refractivity contribution in [3.8, 4) is 11.5 Å². The number of rotatable bonds is 4. The van der Waals surface area contributed by atoms with Gasteiger partial charge in [-0.15, -0.1) is 11.3 Å². The van der Waals surface area contributed by atoms with Crippen molar-refractivity contribution < 1.29 is 9.47 Å². The van der Waals surface area contributed by atoms with Gasteiger partial charge in [-0.3, -0.25) is 0 Å². The largest absolute Gasteiger partial charge is 0.493 e. The molecule has 7 heteroatoms. The summed E-state index contributed by atoms with van der Waals surface area (Å²) in [6.45, 7) is 1.17. The first-order valence-electron chi connectivity index (χ1n) is 8.26. The third-order valence-corrected chi connectivity index (χ3v) is 5.26. The van der Waals surface area contributed by atoms with Crippen LogP contribution in [0.25, 0.3) is 22.8 Å². The number of aromatic amines is 1. The topological polar surface area (TPSA) is 65.0 Å². The molecule has 0 amide bonds. The number of aromatic nitrogens is 4. The van der Waals surface area contributed by atoms with Gasteiger partial charge >= 0.3 is 0 Å². The number of para-hydroxylation sites is 1. The number of fused-ring (bicyclic) bond motifs is 2. The molecule has 0 saturated heterocycles. The van der Waals surface area contributed by atoms with Crippen LogP contribution in [0.1, 0.15) is 16.3 Å². The first-order valence-corrected chi connectivity index (χ1v) is 9.14. The normalized spacial score (nSPS) is 13.3. The van der Waals surface area contributed by atoms with Gasteiger partial charge in [0.25, 0.3) is 0 Å². The number of H-pyrrole nitrogens is 1. The number of nitrogens with zero attached hydrogens (tertiary/aromatic N) is 3. The summed E-state index contributed by atoms with van der Waals surface area (Å²) < 4.78 is 13.2. The van der Waals surface area contributed by atoms with Gasteiger partial charge in [0.05, 0.1) is 19.9 Å². The maximum Gasteiger partial charge on any atom is 0.177 e. The van der Waals surface area contributed by atoms with Gasteiger partial charge in [-0.2, -0.15) is 5.10 Å². The van der Waals surface area contributed by atoms with Crippen LogP contribution in [0.15, 0.2) is 41.9 Å². The van der Waals surface area contributed by atoms with Crippen LogP contribution >= 0.6 is 11.3 Å². The molecule has 4 heterocycles. The van der Waals surface area contributed by atoms with Crippen molar-refractivity contribution in [1.82, 2.24) is 19.7 Å². The van der Waals surface area contributed by atoms with Crippen molar-refractivity contribution in [2.45, 2.75) is 6.54 Å². The zero-order valence-electron chi connectivity index (χ0n) is 14.1. The van der Waals surface area contributed by atoms with Crippen LogP contribution in [0.3, 0.4) is 0 Å². The second-order valence-electron chi connectivity index (χ2n) is 6.04. The van der Waals surface area contributed by atoms with E-state index in [1.807, 2.05) is 35.1 Å². The lowest BCUT2D eigenvalue weighted by Crippen LogP contribution is -2.09. The molecule has 4 aromatic rings. The zero-order chi connectivity index (χ0) is 17.5. The summed E-state index contributed by atoms with van der Waals surface area (Å²) in [5.41, 5.74) is 3.77. The average molecular weight is 364 g/mol. The molecule has 0 unspecified atom stereocenters. The van der Waals surface area contributed by atoms with Crippen LogP contribution in [0.2, 0.25) is 0 Å². The van der Waals surface area contributed by atoms with Gasteiger partial charge in [0.15, 0.2) is 17.1 Å². The van der Waals surface area contributed by atoms with E-state index >= 15 is 0 Å². The highest BCUT2D eigenvalue weighted by Gasteiger charge is 2.20. The SMILES string of the molecule is COc1cccc2c1OCC(c1nc3c(cnn3Cc3cccs3)[nH]1)=C2. The number of benzene rings is 1. The lowest BCUT2D eigenvalue weighted by molar-refractivity contribution is 0.327. The van der Waals surface area contributed by atoms with Crippen molar-refractivity contribution in [3.63, 3.8) is 0 Å². The van der Waals surface area contributed by atoms with Crippen molar-refractivity contribution in [3.05, 3.63) is 58.2 Å². The van der Waals surface area contributed by atoms with Crippen LogP contribution < -0.4 is 9.47 Å². The number of hydrogen-bond acceptors (Lipinski definition) is 5. The monoisotopic (exact) mass is 364 g/mol. The van der Waals surface area contributed by atoms with Gasteiger partial charge in [0.2, 0.25) is 0 Å². The molecule has 1 aliphatic heterocycles. The van der Waals surface area contributed by atoms with E-state index in [9.17, 15) is 0 Å². The number of imidazole rings is 1. The van der Waals surface area contributed by atoms with Crippen LogP contribution in [0, 0.1) is 0 Å². The fraction of sp³-hybridized carbons (Fsp3) is 0.158. The van der Waals surface area contributed by atoms with E-state index in [0.717, 1.165) is 46.2 Å². The quantitative estimate of drug-likeness (QED) is 0.598. The molecule has 0 radical (unpaired) electrons. The highest BCUT2D eigenvalue weighted by molar-refractivity contribution is 7.09. The Bertz CT molecular complexity index is 1110. The van der Waals surface area contributed by atoms with Crippen molar-refractivity contribution in [2.75, 3.05) is 13.7 Å². The van der Waals surface area contributed by atoms with Crippen LogP contribution in [-0.4, -0.2) is 33.5 Å². The Morgan fingerprint density at radius 3 is 3.12 bits per heavy atom. The van der Waals surface area contributed by atoms with Gasteiger partial charge < -0.3 is 14.5 Å². The minimum atomic E-state index is 0.446. The van der Waals surface area contributed by atoms with E-state index in [1.54, 1.807) is 18.4 Å². The minimum Gasteiger partial charge on any atom is -0.493 e. The van der Waals surface area contributed by atoms with E-state index in [-0.39, 0.29) is 0 Å². The summed E-state index contributed by atoms with van der Waals surface area (Å²) in [4.78, 5) is 9.37. The molecular weight excluding hydrogens is 348 g/mol. The molecule has 1 aliphatic rings. The molecule has 0 spiro atoms. The Balaban J connectivity index is 1.51. The zero-order valence-corrected chi connectivity index (χ0v) is 14.9. The van der Waals surface area contributed by atoms with Gasteiger partial charge in [0.1, 0.15) is 17.9 Å². The van der Waals surface area contributed by atoms with E-state index in [4.69, 9.17) is 14.5 Å². The highest BCUT2D eigenvalue weighted by atomic mass is 32.1. The number of hydrogen-bond donors (Lipinski definition) is 1. The maximum absolute atomic E-state index is 5.93. The van der Waals surface area contributed by atoms with E-state index < -0.39 is 0 Å². The lowest BCUT2D eigenvalue weighted by atomic mass is 10.1. The number of thiophene rings is 1. The minimum absolute atomic E-state index is 0.446. The number of methoxy groups -OCH3 is 1. The van der Waals surface area contributed by atoms with Gasteiger partial charge in [-0.25, -0.2) is 9.67 Å². The summed E-state index contributed by atoms with van der Waals surface area (Å²) in [5, 5.41) is 6.51. The van der Waals surface area contributed by atoms with Gasteiger partial charge in [0, 0.05) is 16.0 Å². The van der Waals surface area contributed by atoms with Crippen molar-refractivity contribution in [2.24, 2.45) is 0 Å². The molecule has 6 nitrogen and oxygen atoms in total. The number of nitrogens with one attached hydrogen (secondary N) is 1. The lowest BCUT2D eigenvalue weighted by Gasteiger charge is -2.19. The summed E-state index contributed by atoms with van der Waals surface area (Å²) in [6, 6.07) is 10.0. The molecule has 0 bridgehead atoms. The Labute approximate surface area is 153 Å². The second kappa shape index (κ2) is 6.03. The van der Waals surface area contributed by atoms with Crippen molar-refractivity contribution in [1.29, 1.82) is 0 Å². The first kappa shape index (κ1) is 15.2. The average Bonchev–Trinajstić information content (AvgIpc) is 3.40. The maximum atomic E-state index is 5.93. The highest BCUT2D eigenvalue weighted by Crippen LogP contribution is 2.37. The molecule has 1 aromatic carbocycles. The summed E-state index contributed by atoms with van der Waals surface area (Å²) in [6.07, 6.45) is 3.91. The fourth-order valence-corrected chi connectivity index (χ4v) is 3.83. The molecule has 0 fully saturated rings. The van der Waals surface area contributed by atoms with E-state index in [0.29, 0.717) is 6.61 Å². The Morgan fingerprint density at radius 1 is 1.31 bits per heavy atom. The van der Waals surface area contributed by atoms with Crippen LogP contribution in [-0.2, 0) is 6.54 Å². The van der Waals surface area contributed by atoms with E-state index in [2.05, 4.69) is 27.6 Å². The molecule has 130 valence electrons. The summed E-state index contributed by atoms with van der Waals surface area (Å²) in [5.74, 6) is 2.33. The van der Waals surface area contributed by atoms with E-state index in [1.165, 1.54) is 4.88 Å². The molecule has 0 atom stereocenters. The fourth-order valence-electron chi connectivity index (χ4n) is 3.14. The van der Waals surface area contributed by atoms with Crippen LogP contribution in [0.5, 0.6) is 11.5 Å². The second-order valence-corrected chi connectivity index (χ2v) is 7.07. The molecule has 3 aromatic heterocycles. The molecule has 0 saturated carbocycles. The van der Waals surface area contributed by atoms with Crippen LogP contribution in [0.4, 0.5) is 0 Å². The van der Waals surface area contributed by atoms with Gasteiger partial charge in [-0.05, 0) is 23.6 Å². The summed E-state index contributed by atoms with van der Waals surface area (Å²) >= 11 is 1.72. The smallest absolute Gasteiger partial charge is 0.177 e. The third kappa shape index (κ3) is 2.48. The Kier molecular flexibility index (Phi) is 3.53. The molecule has 0 aliphatic carbocycles. The molecule has 1 N–H and O–H groups in total. The molecule has 26 heavy (non-hydrogen) atoms. The third-order valence-electron chi connectivity index (χ3n) is 4.40. The standard InChI is InChI=1S/C19H16N4O2S/c1-24-16-6-2-4-12-8-13(11-25-17(12)16)18-21-15-9-20-23(19(15)22-18)10-14-5-3-7-26-14/h2-9H,10-11H2,1H3,(H,21,22). The summed E-state index contributed by atoms with van der Waals surface area (Å²) in [7, 11) is 1.65. The molecular formula is C19H16N4O2S. The Morgan fingerprint density at radius 2 is 2.27 bits per heavy atom. The predicted molar refractivity (Wildman–Crippen MR) is 102 cm³/mol. The molecule has 5 rings (SSSR count). The van der Waals surface area contributed by atoms with Crippen molar-refractivity contribution >= 4 is 34.1 Å².